The number of rotatable bonds is 6. The van der Waals surface area contributed by atoms with Gasteiger partial charge in [0.1, 0.15) is 5.76 Å². The van der Waals surface area contributed by atoms with E-state index in [1.165, 1.54) is 4.90 Å². The smallest absolute Gasteiger partial charge is 0.303 e. The number of Topliss-reactive ketones (excluding diaryl/α,β-unsaturated/α-hetero) is 1. The first-order chi connectivity index (χ1) is 13.8. The standard InChI is InChI=1S/C21H17BrClNO5/c22-14-7-3-13(4-8-14)19(27)17-18(12-5-9-15(23)10-6-12)24(21(29)20(17)28)11-1-2-16(25)26/h3-10,18,27H,1-2,11H2,(H,25,26). The van der Waals surface area contributed by atoms with Crippen LogP contribution in [0.4, 0.5) is 0 Å². The number of carboxylic acids is 1. The fourth-order valence-corrected chi connectivity index (χ4v) is 3.66. The molecule has 1 heterocycles. The lowest BCUT2D eigenvalue weighted by Gasteiger charge is -2.25. The molecule has 2 N–H and O–H groups in total. The minimum Gasteiger partial charge on any atom is -0.507 e. The maximum absolute atomic E-state index is 12.8. The minimum absolute atomic E-state index is 0.0324. The minimum atomic E-state index is -0.987. The maximum atomic E-state index is 12.8. The third-order valence-corrected chi connectivity index (χ3v) is 5.41. The summed E-state index contributed by atoms with van der Waals surface area (Å²) in [5, 5.41) is 20.2. The molecule has 3 rings (SSSR count). The van der Waals surface area contributed by atoms with Crippen molar-refractivity contribution in [1.82, 2.24) is 4.90 Å². The monoisotopic (exact) mass is 477 g/mol. The second-order valence-electron chi connectivity index (χ2n) is 6.55. The molecule has 1 amide bonds. The number of aliphatic hydroxyl groups excluding tert-OH is 1. The Kier molecular flexibility index (Phi) is 6.39. The summed E-state index contributed by atoms with van der Waals surface area (Å²) in [5.41, 5.74) is 0.966. The van der Waals surface area contributed by atoms with Gasteiger partial charge in [-0.05, 0) is 36.2 Å². The molecule has 1 aliphatic heterocycles. The molecule has 2 aromatic carbocycles. The molecule has 0 spiro atoms. The number of carboxylic acid groups (broad SMARTS) is 1. The van der Waals surface area contributed by atoms with Gasteiger partial charge in [-0.1, -0.05) is 51.8 Å². The van der Waals surface area contributed by atoms with Crippen LogP contribution in [0.25, 0.3) is 5.76 Å². The zero-order valence-electron chi connectivity index (χ0n) is 15.1. The van der Waals surface area contributed by atoms with E-state index >= 15 is 0 Å². The molecule has 0 aliphatic carbocycles. The molecule has 29 heavy (non-hydrogen) atoms. The zero-order chi connectivity index (χ0) is 21.1. The van der Waals surface area contributed by atoms with E-state index in [-0.39, 0.29) is 30.7 Å². The molecular weight excluding hydrogens is 462 g/mol. The Labute approximate surface area is 180 Å². The maximum Gasteiger partial charge on any atom is 0.303 e. The molecule has 6 nitrogen and oxygen atoms in total. The van der Waals surface area contributed by atoms with E-state index in [4.69, 9.17) is 16.7 Å². The van der Waals surface area contributed by atoms with Crippen LogP contribution in [-0.2, 0) is 14.4 Å². The Hall–Kier alpha value is -2.64. The third-order valence-electron chi connectivity index (χ3n) is 4.63. The Bertz CT molecular complexity index is 985. The van der Waals surface area contributed by atoms with Gasteiger partial charge in [0.05, 0.1) is 11.6 Å². The summed E-state index contributed by atoms with van der Waals surface area (Å²) < 4.78 is 0.803. The van der Waals surface area contributed by atoms with Crippen LogP contribution in [0.3, 0.4) is 0 Å². The van der Waals surface area contributed by atoms with Gasteiger partial charge in [0.25, 0.3) is 11.7 Å². The summed E-state index contributed by atoms with van der Waals surface area (Å²) in [5.74, 6) is -2.84. The van der Waals surface area contributed by atoms with Crippen molar-refractivity contribution in [2.75, 3.05) is 6.54 Å². The van der Waals surface area contributed by atoms with E-state index < -0.39 is 23.7 Å². The van der Waals surface area contributed by atoms with Gasteiger partial charge in [0.2, 0.25) is 0 Å². The summed E-state index contributed by atoms with van der Waals surface area (Å²) in [6.07, 6.45) is 0.0494. The quantitative estimate of drug-likeness (QED) is 0.365. The molecule has 1 atom stereocenters. The lowest BCUT2D eigenvalue weighted by atomic mass is 9.95. The molecule has 0 radical (unpaired) electrons. The van der Waals surface area contributed by atoms with E-state index in [9.17, 15) is 19.5 Å². The number of halogens is 2. The molecule has 0 aromatic heterocycles. The largest absolute Gasteiger partial charge is 0.507 e. The number of nitrogens with zero attached hydrogens (tertiary/aromatic N) is 1. The van der Waals surface area contributed by atoms with Crippen molar-refractivity contribution >= 4 is 50.9 Å². The van der Waals surface area contributed by atoms with Gasteiger partial charge in [0.15, 0.2) is 0 Å². The molecule has 1 saturated heterocycles. The Morgan fingerprint density at radius 2 is 1.66 bits per heavy atom. The van der Waals surface area contributed by atoms with Crippen molar-refractivity contribution < 1.29 is 24.6 Å². The lowest BCUT2D eigenvalue weighted by Crippen LogP contribution is -2.31. The van der Waals surface area contributed by atoms with Crippen LogP contribution >= 0.6 is 27.5 Å². The number of aliphatic carboxylic acids is 1. The van der Waals surface area contributed by atoms with E-state index in [1.54, 1.807) is 48.5 Å². The van der Waals surface area contributed by atoms with Crippen molar-refractivity contribution in [2.45, 2.75) is 18.9 Å². The van der Waals surface area contributed by atoms with Crippen LogP contribution < -0.4 is 0 Å². The number of hydrogen-bond acceptors (Lipinski definition) is 4. The normalized spacial score (nSPS) is 18.3. The van der Waals surface area contributed by atoms with E-state index in [0.717, 1.165) is 4.47 Å². The zero-order valence-corrected chi connectivity index (χ0v) is 17.5. The molecule has 1 fully saturated rings. The number of likely N-dealkylation sites (tertiary alicyclic amines) is 1. The topological polar surface area (TPSA) is 94.9 Å². The van der Waals surface area contributed by atoms with E-state index in [0.29, 0.717) is 16.1 Å². The predicted molar refractivity (Wildman–Crippen MR) is 111 cm³/mol. The van der Waals surface area contributed by atoms with Crippen LogP contribution in [0, 0.1) is 0 Å². The Balaban J connectivity index is 2.08. The fourth-order valence-electron chi connectivity index (χ4n) is 3.27. The number of amides is 1. The molecule has 1 unspecified atom stereocenters. The number of carbonyl (C=O) groups excluding carboxylic acids is 2. The third kappa shape index (κ3) is 4.52. The second kappa shape index (κ2) is 8.80. The van der Waals surface area contributed by atoms with Crippen LogP contribution in [-0.4, -0.2) is 39.3 Å². The highest BCUT2D eigenvalue weighted by Crippen LogP contribution is 2.39. The number of hydrogen-bond donors (Lipinski definition) is 2. The van der Waals surface area contributed by atoms with Gasteiger partial charge in [-0.25, -0.2) is 0 Å². The van der Waals surface area contributed by atoms with Crippen LogP contribution in [0.15, 0.2) is 58.6 Å². The molecule has 8 heteroatoms. The highest BCUT2D eigenvalue weighted by molar-refractivity contribution is 9.10. The molecule has 150 valence electrons. The first-order valence-corrected chi connectivity index (χ1v) is 9.98. The molecule has 1 aliphatic rings. The van der Waals surface area contributed by atoms with Gasteiger partial charge in [0, 0.05) is 28.0 Å². The summed E-state index contributed by atoms with van der Waals surface area (Å²) >= 11 is 9.28. The predicted octanol–water partition coefficient (Wildman–Crippen LogP) is 4.39. The molecule has 0 saturated carbocycles. The summed E-state index contributed by atoms with van der Waals surface area (Å²) in [7, 11) is 0. The lowest BCUT2D eigenvalue weighted by molar-refractivity contribution is -0.140. The van der Waals surface area contributed by atoms with E-state index in [1.807, 2.05) is 0 Å². The molecular formula is C21H17BrClNO5. The molecule has 0 bridgehead atoms. The highest BCUT2D eigenvalue weighted by Gasteiger charge is 2.45. The van der Waals surface area contributed by atoms with Gasteiger partial charge < -0.3 is 15.1 Å². The van der Waals surface area contributed by atoms with Crippen LogP contribution in [0.2, 0.25) is 5.02 Å². The van der Waals surface area contributed by atoms with Gasteiger partial charge in [-0.2, -0.15) is 0 Å². The number of carbonyl (C=O) groups is 3. The van der Waals surface area contributed by atoms with Crippen LogP contribution in [0.5, 0.6) is 0 Å². The molecule has 2 aromatic rings. The number of benzene rings is 2. The average Bonchev–Trinajstić information content (AvgIpc) is 2.93. The van der Waals surface area contributed by atoms with Gasteiger partial charge in [-0.15, -0.1) is 0 Å². The Morgan fingerprint density at radius 3 is 2.24 bits per heavy atom. The van der Waals surface area contributed by atoms with Gasteiger partial charge in [-0.3, -0.25) is 14.4 Å². The van der Waals surface area contributed by atoms with Crippen molar-refractivity contribution in [3.8, 4) is 0 Å². The highest BCUT2D eigenvalue weighted by atomic mass is 79.9. The fraction of sp³-hybridized carbons (Fsp3) is 0.190. The van der Waals surface area contributed by atoms with Crippen molar-refractivity contribution in [3.05, 3.63) is 74.7 Å². The second-order valence-corrected chi connectivity index (χ2v) is 7.90. The van der Waals surface area contributed by atoms with Crippen molar-refractivity contribution in [1.29, 1.82) is 0 Å². The first kappa shape index (κ1) is 21.1. The van der Waals surface area contributed by atoms with Crippen LogP contribution in [0.1, 0.15) is 30.0 Å². The van der Waals surface area contributed by atoms with Crippen molar-refractivity contribution in [3.63, 3.8) is 0 Å². The first-order valence-electron chi connectivity index (χ1n) is 8.81. The SMILES string of the molecule is O=C(O)CCCN1C(=O)C(=O)C(=C(O)c2ccc(Br)cc2)C1c1ccc(Cl)cc1. The van der Waals surface area contributed by atoms with Crippen molar-refractivity contribution in [2.24, 2.45) is 0 Å². The number of aliphatic hydroxyl groups is 1. The number of ketones is 1. The Morgan fingerprint density at radius 1 is 1.03 bits per heavy atom. The summed E-state index contributed by atoms with van der Waals surface area (Å²) in [4.78, 5) is 37.6. The summed E-state index contributed by atoms with van der Waals surface area (Å²) in [6.45, 7) is 0.0707. The summed E-state index contributed by atoms with van der Waals surface area (Å²) in [6, 6.07) is 12.5. The van der Waals surface area contributed by atoms with Gasteiger partial charge >= 0.3 is 5.97 Å². The van der Waals surface area contributed by atoms with E-state index in [2.05, 4.69) is 15.9 Å². The average molecular weight is 479 g/mol.